The molecular formula is C22H17Cl3N4O5S. The number of amides is 1. The van der Waals surface area contributed by atoms with Crippen LogP contribution in [0.15, 0.2) is 70.7 Å². The summed E-state index contributed by atoms with van der Waals surface area (Å²) in [6.07, 6.45) is 1.11. The highest BCUT2D eigenvalue weighted by Crippen LogP contribution is 2.29. The lowest BCUT2D eigenvalue weighted by Crippen LogP contribution is -2.39. The molecule has 0 saturated carbocycles. The van der Waals surface area contributed by atoms with Crippen molar-refractivity contribution in [1.82, 2.24) is 5.43 Å². The first-order valence-corrected chi connectivity index (χ1v) is 12.4. The fourth-order valence-electron chi connectivity index (χ4n) is 2.92. The molecule has 0 spiro atoms. The number of anilines is 1. The summed E-state index contributed by atoms with van der Waals surface area (Å²) in [5.41, 5.74) is 3.10. The van der Waals surface area contributed by atoms with Crippen LogP contribution < -0.4 is 9.73 Å². The molecule has 3 rings (SSSR count). The van der Waals surface area contributed by atoms with Gasteiger partial charge in [-0.05, 0) is 43.3 Å². The second kappa shape index (κ2) is 11.0. The van der Waals surface area contributed by atoms with E-state index < -0.39 is 27.4 Å². The maximum absolute atomic E-state index is 13.4. The Labute approximate surface area is 216 Å². The molecule has 0 aromatic heterocycles. The highest BCUT2D eigenvalue weighted by molar-refractivity contribution is 7.92. The number of carbonyl (C=O) groups excluding carboxylic acids is 1. The standard InChI is InChI=1S/C22H17Cl3N4O5S/c1-14-2-5-20(6-3-14)35(33,34)28(19-10-16(23)9-17(24)11-19)13-22(30)27-26-12-15-8-18(29(31)32)4-7-21(15)25/h2-12H,13H2,1H3,(H,27,30)/b26-12-. The monoisotopic (exact) mass is 554 g/mol. The normalized spacial score (nSPS) is 11.4. The summed E-state index contributed by atoms with van der Waals surface area (Å²) in [4.78, 5) is 22.9. The fourth-order valence-corrected chi connectivity index (χ4v) is 5.00. The van der Waals surface area contributed by atoms with Crippen molar-refractivity contribution in [3.63, 3.8) is 0 Å². The van der Waals surface area contributed by atoms with Gasteiger partial charge in [-0.3, -0.25) is 19.2 Å². The number of rotatable bonds is 8. The highest BCUT2D eigenvalue weighted by atomic mass is 35.5. The summed E-state index contributed by atoms with van der Waals surface area (Å²) < 4.78 is 27.6. The summed E-state index contributed by atoms with van der Waals surface area (Å²) in [5, 5.41) is 15.2. The van der Waals surface area contributed by atoms with E-state index in [2.05, 4.69) is 10.5 Å². The number of hydrogen-bond acceptors (Lipinski definition) is 6. The van der Waals surface area contributed by atoms with Crippen LogP contribution >= 0.6 is 34.8 Å². The van der Waals surface area contributed by atoms with E-state index in [-0.39, 0.29) is 36.9 Å². The van der Waals surface area contributed by atoms with Crippen LogP contribution in [0.2, 0.25) is 15.1 Å². The topological polar surface area (TPSA) is 122 Å². The Morgan fingerprint density at radius 2 is 1.69 bits per heavy atom. The number of carbonyl (C=O) groups is 1. The Bertz CT molecular complexity index is 1390. The molecule has 3 aromatic carbocycles. The van der Waals surface area contributed by atoms with Gasteiger partial charge in [0.15, 0.2) is 0 Å². The number of hydrazone groups is 1. The first-order chi connectivity index (χ1) is 16.5. The molecule has 0 unspecified atom stereocenters. The molecule has 0 fully saturated rings. The van der Waals surface area contributed by atoms with E-state index in [1.54, 1.807) is 12.1 Å². The van der Waals surface area contributed by atoms with Crippen molar-refractivity contribution in [2.75, 3.05) is 10.8 Å². The van der Waals surface area contributed by atoms with Gasteiger partial charge in [-0.25, -0.2) is 13.8 Å². The van der Waals surface area contributed by atoms with Crippen molar-refractivity contribution in [3.8, 4) is 0 Å². The Morgan fingerprint density at radius 3 is 2.29 bits per heavy atom. The van der Waals surface area contributed by atoms with Crippen molar-refractivity contribution < 1.29 is 18.1 Å². The molecule has 9 nitrogen and oxygen atoms in total. The zero-order valence-electron chi connectivity index (χ0n) is 18.0. The Balaban J connectivity index is 1.88. The average molecular weight is 556 g/mol. The van der Waals surface area contributed by atoms with Gasteiger partial charge in [-0.15, -0.1) is 0 Å². The van der Waals surface area contributed by atoms with Crippen molar-refractivity contribution in [1.29, 1.82) is 0 Å². The molecule has 182 valence electrons. The van der Waals surface area contributed by atoms with Gasteiger partial charge in [-0.1, -0.05) is 52.5 Å². The van der Waals surface area contributed by atoms with Gasteiger partial charge >= 0.3 is 0 Å². The number of sulfonamides is 1. The number of nitrogens with zero attached hydrogens (tertiary/aromatic N) is 3. The van der Waals surface area contributed by atoms with Gasteiger partial charge in [0.05, 0.1) is 21.7 Å². The average Bonchev–Trinajstić information content (AvgIpc) is 2.78. The molecule has 0 atom stereocenters. The van der Waals surface area contributed by atoms with Gasteiger partial charge in [0.2, 0.25) is 0 Å². The zero-order chi connectivity index (χ0) is 25.8. The van der Waals surface area contributed by atoms with Crippen LogP contribution in [0.3, 0.4) is 0 Å². The molecule has 0 saturated heterocycles. The molecule has 35 heavy (non-hydrogen) atoms. The summed E-state index contributed by atoms with van der Waals surface area (Å²) in [5.74, 6) is -0.797. The number of non-ortho nitro benzene ring substituents is 1. The van der Waals surface area contributed by atoms with Crippen molar-refractivity contribution in [2.24, 2.45) is 5.10 Å². The largest absolute Gasteiger partial charge is 0.271 e. The summed E-state index contributed by atoms with van der Waals surface area (Å²) >= 11 is 18.1. The number of halogens is 3. The predicted octanol–water partition coefficient (Wildman–Crippen LogP) is 5.21. The molecule has 0 aliphatic rings. The van der Waals surface area contributed by atoms with Gasteiger partial charge in [-0.2, -0.15) is 5.10 Å². The molecule has 0 heterocycles. The van der Waals surface area contributed by atoms with E-state index in [4.69, 9.17) is 34.8 Å². The number of hydrogen-bond donors (Lipinski definition) is 1. The maximum atomic E-state index is 13.4. The molecule has 0 radical (unpaired) electrons. The molecule has 3 aromatic rings. The minimum atomic E-state index is -4.19. The molecule has 13 heteroatoms. The number of nitro benzene ring substituents is 1. The van der Waals surface area contributed by atoms with Crippen molar-refractivity contribution in [2.45, 2.75) is 11.8 Å². The fraction of sp³-hybridized carbons (Fsp3) is 0.0909. The summed E-state index contributed by atoms with van der Waals surface area (Å²) in [6, 6.07) is 14.0. The van der Waals surface area contributed by atoms with Gasteiger partial charge in [0.25, 0.3) is 21.6 Å². The highest BCUT2D eigenvalue weighted by Gasteiger charge is 2.27. The molecule has 1 amide bonds. The van der Waals surface area contributed by atoms with Crippen LogP contribution in [-0.2, 0) is 14.8 Å². The first-order valence-electron chi connectivity index (χ1n) is 9.79. The van der Waals surface area contributed by atoms with E-state index in [1.165, 1.54) is 48.5 Å². The zero-order valence-corrected chi connectivity index (χ0v) is 21.1. The van der Waals surface area contributed by atoms with E-state index >= 15 is 0 Å². The first kappa shape index (κ1) is 26.4. The third kappa shape index (κ3) is 6.70. The smallest absolute Gasteiger partial charge is 0.270 e. The molecule has 1 N–H and O–H groups in total. The Morgan fingerprint density at radius 1 is 1.06 bits per heavy atom. The number of aryl methyl sites for hydroxylation is 1. The van der Waals surface area contributed by atoms with E-state index in [0.29, 0.717) is 0 Å². The van der Waals surface area contributed by atoms with Crippen LogP contribution in [0, 0.1) is 17.0 Å². The van der Waals surface area contributed by atoms with E-state index in [1.807, 2.05) is 6.92 Å². The molecular weight excluding hydrogens is 539 g/mol. The van der Waals surface area contributed by atoms with Crippen LogP contribution in [0.5, 0.6) is 0 Å². The van der Waals surface area contributed by atoms with Crippen LogP contribution in [-0.4, -0.2) is 32.0 Å². The predicted molar refractivity (Wildman–Crippen MR) is 136 cm³/mol. The van der Waals surface area contributed by atoms with Gasteiger partial charge in [0, 0.05) is 32.8 Å². The third-order valence-corrected chi connectivity index (χ3v) is 7.18. The molecule has 0 aliphatic heterocycles. The second-order valence-electron chi connectivity index (χ2n) is 7.21. The van der Waals surface area contributed by atoms with Crippen molar-refractivity contribution >= 4 is 68.3 Å². The lowest BCUT2D eigenvalue weighted by molar-refractivity contribution is -0.384. The summed E-state index contributed by atoms with van der Waals surface area (Å²) in [6.45, 7) is 1.15. The molecule has 0 aliphatic carbocycles. The lowest BCUT2D eigenvalue weighted by Gasteiger charge is -2.24. The lowest BCUT2D eigenvalue weighted by atomic mass is 10.2. The minimum absolute atomic E-state index is 0.0427. The third-order valence-electron chi connectivity index (χ3n) is 4.61. The van der Waals surface area contributed by atoms with E-state index in [9.17, 15) is 23.3 Å². The number of benzene rings is 3. The van der Waals surface area contributed by atoms with Crippen LogP contribution in [0.25, 0.3) is 0 Å². The second-order valence-corrected chi connectivity index (χ2v) is 10.4. The quantitative estimate of drug-likeness (QED) is 0.232. The number of nitrogens with one attached hydrogen (secondary N) is 1. The summed E-state index contributed by atoms with van der Waals surface area (Å²) in [7, 11) is -4.19. The Hall–Kier alpha value is -3.18. The van der Waals surface area contributed by atoms with E-state index in [0.717, 1.165) is 16.1 Å². The minimum Gasteiger partial charge on any atom is -0.271 e. The number of nitro groups is 1. The Kier molecular flexibility index (Phi) is 8.34. The maximum Gasteiger partial charge on any atom is 0.270 e. The van der Waals surface area contributed by atoms with Crippen LogP contribution in [0.4, 0.5) is 11.4 Å². The van der Waals surface area contributed by atoms with Gasteiger partial charge in [0.1, 0.15) is 6.54 Å². The van der Waals surface area contributed by atoms with Crippen LogP contribution in [0.1, 0.15) is 11.1 Å². The van der Waals surface area contributed by atoms with Crippen molar-refractivity contribution in [3.05, 3.63) is 97.0 Å². The van der Waals surface area contributed by atoms with Gasteiger partial charge < -0.3 is 0 Å². The molecule has 0 bridgehead atoms. The SMILES string of the molecule is Cc1ccc(S(=O)(=O)N(CC(=O)N/N=C\c2cc([N+](=O)[O-])ccc2Cl)c2cc(Cl)cc(Cl)c2)cc1.